The van der Waals surface area contributed by atoms with Crippen LogP contribution < -0.4 is 0 Å². The van der Waals surface area contributed by atoms with Crippen LogP contribution in [0.15, 0.2) is 17.0 Å². The summed E-state index contributed by atoms with van der Waals surface area (Å²) in [5, 5.41) is 9.12. The summed E-state index contributed by atoms with van der Waals surface area (Å²) >= 11 is 0. The molecule has 1 saturated heterocycles. The second-order valence-corrected chi connectivity index (χ2v) is 7.64. The predicted octanol–water partition coefficient (Wildman–Crippen LogP) is 2.10. The van der Waals surface area contributed by atoms with Crippen molar-refractivity contribution in [3.8, 4) is 0 Å². The molecule has 0 radical (unpaired) electrons. The van der Waals surface area contributed by atoms with E-state index < -0.39 is 21.9 Å². The molecule has 2 rings (SSSR count). The molecule has 6 heteroatoms. The van der Waals surface area contributed by atoms with E-state index in [0.717, 1.165) is 5.56 Å². The van der Waals surface area contributed by atoms with E-state index in [-0.39, 0.29) is 6.54 Å². The minimum Gasteiger partial charge on any atom is -0.481 e. The lowest BCUT2D eigenvalue weighted by atomic mass is 10.0. The molecule has 116 valence electrons. The minimum absolute atomic E-state index is 0.0599. The van der Waals surface area contributed by atoms with Crippen LogP contribution in [0.2, 0.25) is 0 Å². The molecule has 0 amide bonds. The smallest absolute Gasteiger partial charge is 0.307 e. The molecule has 21 heavy (non-hydrogen) atoms. The molecular formula is C15H21NO4S. The Morgan fingerprint density at radius 2 is 1.81 bits per heavy atom. The highest BCUT2D eigenvalue weighted by atomic mass is 32.2. The zero-order chi connectivity index (χ0) is 15.8. The van der Waals surface area contributed by atoms with Crippen LogP contribution in [0.4, 0.5) is 0 Å². The van der Waals surface area contributed by atoms with E-state index in [1.165, 1.54) is 4.31 Å². The summed E-state index contributed by atoms with van der Waals surface area (Å²) in [6.45, 7) is 5.94. The molecular weight excluding hydrogens is 290 g/mol. The largest absolute Gasteiger partial charge is 0.481 e. The summed E-state index contributed by atoms with van der Waals surface area (Å²) in [4.78, 5) is 11.4. The maximum absolute atomic E-state index is 12.8. The number of sulfonamides is 1. The second kappa shape index (κ2) is 5.77. The SMILES string of the molecule is Cc1cc(C)c(S(=O)(=O)N2CCC[C@H](C(=O)O)C2)c(C)c1. The third kappa shape index (κ3) is 3.11. The van der Waals surface area contributed by atoms with Crippen molar-refractivity contribution in [2.45, 2.75) is 38.5 Å². The summed E-state index contributed by atoms with van der Waals surface area (Å²) in [7, 11) is -3.64. The lowest BCUT2D eigenvalue weighted by Gasteiger charge is -2.30. The molecule has 1 heterocycles. The van der Waals surface area contributed by atoms with E-state index in [4.69, 9.17) is 5.11 Å². The van der Waals surface area contributed by atoms with E-state index in [9.17, 15) is 13.2 Å². The van der Waals surface area contributed by atoms with Gasteiger partial charge in [-0.3, -0.25) is 4.79 Å². The predicted molar refractivity (Wildman–Crippen MR) is 79.8 cm³/mol. The van der Waals surface area contributed by atoms with Gasteiger partial charge in [-0.05, 0) is 44.7 Å². The zero-order valence-electron chi connectivity index (χ0n) is 12.6. The highest BCUT2D eigenvalue weighted by Gasteiger charge is 2.34. The number of carboxylic acid groups (broad SMARTS) is 1. The molecule has 0 saturated carbocycles. The molecule has 0 aromatic heterocycles. The molecule has 0 bridgehead atoms. The third-order valence-corrected chi connectivity index (χ3v) is 6.11. The maximum Gasteiger partial charge on any atom is 0.307 e. The summed E-state index contributed by atoms with van der Waals surface area (Å²) < 4.78 is 27.0. The van der Waals surface area contributed by atoms with Crippen molar-refractivity contribution >= 4 is 16.0 Å². The van der Waals surface area contributed by atoms with E-state index in [0.29, 0.717) is 35.4 Å². The van der Waals surface area contributed by atoms with Crippen molar-refractivity contribution in [3.05, 3.63) is 28.8 Å². The molecule has 1 fully saturated rings. The van der Waals surface area contributed by atoms with Crippen molar-refractivity contribution in [1.29, 1.82) is 0 Å². The van der Waals surface area contributed by atoms with Gasteiger partial charge in [0, 0.05) is 13.1 Å². The van der Waals surface area contributed by atoms with Crippen molar-refractivity contribution < 1.29 is 18.3 Å². The lowest BCUT2D eigenvalue weighted by Crippen LogP contribution is -2.42. The number of aliphatic carboxylic acids is 1. The Kier molecular flexibility index (Phi) is 4.39. The van der Waals surface area contributed by atoms with Crippen LogP contribution in [-0.4, -0.2) is 36.9 Å². The van der Waals surface area contributed by atoms with E-state index in [1.54, 1.807) is 13.8 Å². The number of carbonyl (C=O) groups is 1. The van der Waals surface area contributed by atoms with Crippen molar-refractivity contribution in [1.82, 2.24) is 4.31 Å². The van der Waals surface area contributed by atoms with Crippen molar-refractivity contribution in [3.63, 3.8) is 0 Å². The van der Waals surface area contributed by atoms with Crippen molar-refractivity contribution in [2.75, 3.05) is 13.1 Å². The number of piperidine rings is 1. The van der Waals surface area contributed by atoms with Gasteiger partial charge in [-0.1, -0.05) is 17.7 Å². The number of nitrogens with zero attached hydrogens (tertiary/aromatic N) is 1. The Morgan fingerprint density at radius 1 is 1.24 bits per heavy atom. The Labute approximate surface area is 125 Å². The van der Waals surface area contributed by atoms with Crippen molar-refractivity contribution in [2.24, 2.45) is 5.92 Å². The standard InChI is InChI=1S/C15H21NO4S/c1-10-7-11(2)14(12(3)8-10)21(19,20)16-6-4-5-13(9-16)15(17)18/h7-8,13H,4-6,9H2,1-3H3,(H,17,18)/t13-/m0/s1. The van der Waals surface area contributed by atoms with Crippen LogP contribution in [0.3, 0.4) is 0 Å². The van der Waals surface area contributed by atoms with Gasteiger partial charge in [0.1, 0.15) is 0 Å². The second-order valence-electron chi connectivity index (χ2n) is 5.77. The Balaban J connectivity index is 2.41. The van der Waals surface area contributed by atoms with Crippen LogP contribution in [0.5, 0.6) is 0 Å². The Morgan fingerprint density at radius 3 is 2.33 bits per heavy atom. The summed E-state index contributed by atoms with van der Waals surface area (Å²) in [5.41, 5.74) is 2.45. The molecule has 0 unspecified atom stereocenters. The summed E-state index contributed by atoms with van der Waals surface area (Å²) in [6, 6.07) is 3.69. The number of carboxylic acids is 1. The average molecular weight is 311 g/mol. The first-order valence-electron chi connectivity index (χ1n) is 7.04. The number of hydrogen-bond acceptors (Lipinski definition) is 3. The molecule has 5 nitrogen and oxygen atoms in total. The fourth-order valence-electron chi connectivity index (χ4n) is 3.07. The van der Waals surface area contributed by atoms with Gasteiger partial charge in [-0.2, -0.15) is 4.31 Å². The monoisotopic (exact) mass is 311 g/mol. The molecule has 1 aromatic rings. The summed E-state index contributed by atoms with van der Waals surface area (Å²) in [5.74, 6) is -1.54. The topological polar surface area (TPSA) is 74.7 Å². The minimum atomic E-state index is -3.64. The van der Waals surface area contributed by atoms with E-state index in [1.807, 2.05) is 19.1 Å². The average Bonchev–Trinajstić information content (AvgIpc) is 2.37. The van der Waals surface area contributed by atoms with Gasteiger partial charge >= 0.3 is 5.97 Å². The van der Waals surface area contributed by atoms with Crippen LogP contribution in [0, 0.1) is 26.7 Å². The van der Waals surface area contributed by atoms with E-state index in [2.05, 4.69) is 0 Å². The van der Waals surface area contributed by atoms with Gasteiger partial charge in [0.05, 0.1) is 10.8 Å². The zero-order valence-corrected chi connectivity index (χ0v) is 13.4. The van der Waals surface area contributed by atoms with Crippen LogP contribution in [0.25, 0.3) is 0 Å². The maximum atomic E-state index is 12.8. The quantitative estimate of drug-likeness (QED) is 0.927. The van der Waals surface area contributed by atoms with Gasteiger partial charge in [0.25, 0.3) is 0 Å². The van der Waals surface area contributed by atoms with Crippen LogP contribution in [-0.2, 0) is 14.8 Å². The van der Waals surface area contributed by atoms with Crippen LogP contribution >= 0.6 is 0 Å². The number of hydrogen-bond donors (Lipinski definition) is 1. The molecule has 1 N–H and O–H groups in total. The molecule has 1 aliphatic rings. The number of aryl methyl sites for hydroxylation is 3. The molecule has 1 aromatic carbocycles. The van der Waals surface area contributed by atoms with Gasteiger partial charge in [-0.15, -0.1) is 0 Å². The Bertz CT molecular complexity index is 643. The van der Waals surface area contributed by atoms with Crippen LogP contribution in [0.1, 0.15) is 29.5 Å². The van der Waals surface area contributed by atoms with Gasteiger partial charge in [0.15, 0.2) is 0 Å². The number of benzene rings is 1. The molecule has 1 atom stereocenters. The third-order valence-electron chi connectivity index (χ3n) is 3.94. The van der Waals surface area contributed by atoms with Gasteiger partial charge in [-0.25, -0.2) is 8.42 Å². The summed E-state index contributed by atoms with van der Waals surface area (Å²) in [6.07, 6.45) is 1.12. The molecule has 0 spiro atoms. The normalized spacial score (nSPS) is 20.4. The first-order valence-corrected chi connectivity index (χ1v) is 8.48. The fourth-order valence-corrected chi connectivity index (χ4v) is 5.00. The highest BCUT2D eigenvalue weighted by molar-refractivity contribution is 7.89. The van der Waals surface area contributed by atoms with Gasteiger partial charge < -0.3 is 5.11 Å². The highest BCUT2D eigenvalue weighted by Crippen LogP contribution is 2.28. The first kappa shape index (κ1) is 16.0. The lowest BCUT2D eigenvalue weighted by molar-refractivity contribution is -0.142. The first-order chi connectivity index (χ1) is 9.73. The van der Waals surface area contributed by atoms with Gasteiger partial charge in [0.2, 0.25) is 10.0 Å². The number of rotatable bonds is 3. The molecule has 0 aliphatic carbocycles. The van der Waals surface area contributed by atoms with E-state index >= 15 is 0 Å². The Hall–Kier alpha value is -1.40. The fraction of sp³-hybridized carbons (Fsp3) is 0.533. The molecule has 1 aliphatic heterocycles.